The number of carbonyl (C=O) groups is 2. The maximum atomic E-state index is 12.8. The number of methoxy groups -OCH3 is 1. The Kier molecular flexibility index (Phi) is 16.3. The van der Waals surface area contributed by atoms with E-state index < -0.39 is 42.9 Å². The summed E-state index contributed by atoms with van der Waals surface area (Å²) in [5.74, 6) is -1.51. The van der Waals surface area contributed by atoms with Crippen LogP contribution in [-0.2, 0) is 17.8 Å². The second kappa shape index (κ2) is 21.8. The molecule has 63 heavy (non-hydrogen) atoms. The smallest absolute Gasteiger partial charge is 0.387 e. The molecule has 0 amide bonds. The van der Waals surface area contributed by atoms with Gasteiger partial charge in [-0.3, -0.25) is 9.78 Å². The number of alkyl halides is 6. The standard InChI is InChI=1S/C23H24F2N2O4S.C21H17F4N3O3/c1-23(2,3)31-21(28)15-6-5-7-16(10-15)27(13-18-12-26-14-32-18)17-8-9-19(30-22(24)25)20(11-17)29-4;1-13(29)15-2-4-16(5-3-15)28(11-14-9-26-12-27-10-14)17-6-7-18(30-20(22)23)19(8-17)31-21(24)25/h5-12,14,22H,13H2,1-4H3;2-10,12,20-21H,11H2,1H3. The van der Waals surface area contributed by atoms with Crippen molar-refractivity contribution in [3.05, 3.63) is 137 Å². The molecule has 0 saturated carbocycles. The van der Waals surface area contributed by atoms with Crippen LogP contribution in [0.4, 0.5) is 49.1 Å². The fourth-order valence-electron chi connectivity index (χ4n) is 5.81. The number of hydrogen-bond acceptors (Lipinski definition) is 13. The molecule has 0 aliphatic heterocycles. The minimum absolute atomic E-state index is 0.0634. The number of halogens is 6. The summed E-state index contributed by atoms with van der Waals surface area (Å²) < 4.78 is 100. The lowest BCUT2D eigenvalue weighted by Gasteiger charge is -2.26. The van der Waals surface area contributed by atoms with Crippen LogP contribution >= 0.6 is 11.3 Å². The molecule has 0 fully saturated rings. The van der Waals surface area contributed by atoms with Gasteiger partial charge < -0.3 is 33.5 Å². The van der Waals surface area contributed by atoms with Gasteiger partial charge in [0, 0.05) is 69.5 Å². The van der Waals surface area contributed by atoms with E-state index in [9.17, 15) is 35.9 Å². The van der Waals surface area contributed by atoms with Gasteiger partial charge in [-0.25, -0.2) is 14.8 Å². The molecule has 6 aromatic rings. The molecule has 332 valence electrons. The zero-order valence-corrected chi connectivity index (χ0v) is 35.2. The lowest BCUT2D eigenvalue weighted by molar-refractivity contribution is -0.0692. The Hall–Kier alpha value is -6.89. The van der Waals surface area contributed by atoms with Crippen LogP contribution in [0.15, 0.2) is 115 Å². The Bertz CT molecular complexity index is 2410. The van der Waals surface area contributed by atoms with Crippen LogP contribution in [0.25, 0.3) is 0 Å². The molecule has 6 rings (SSSR count). The number of aromatic nitrogens is 3. The van der Waals surface area contributed by atoms with E-state index in [1.54, 1.807) is 104 Å². The van der Waals surface area contributed by atoms with Gasteiger partial charge in [0.2, 0.25) is 0 Å². The molecule has 19 heteroatoms. The molecule has 0 aliphatic rings. The molecule has 12 nitrogen and oxygen atoms in total. The SMILES string of the molecule is CC(=O)c1ccc(N(Cc2cncnc2)c2ccc(OC(F)F)c(OC(F)F)c2)cc1.COc1cc(N(Cc2cncs2)c2cccc(C(=O)OC(C)(C)C)c2)ccc1OC(F)F. The first-order chi connectivity index (χ1) is 30.0. The van der Waals surface area contributed by atoms with E-state index in [-0.39, 0.29) is 23.8 Å². The second-order valence-corrected chi connectivity index (χ2v) is 15.1. The van der Waals surface area contributed by atoms with Crippen molar-refractivity contribution in [2.45, 2.75) is 66.2 Å². The number of thiazole rings is 1. The highest BCUT2D eigenvalue weighted by Gasteiger charge is 2.22. The third-order valence-electron chi connectivity index (χ3n) is 8.48. The van der Waals surface area contributed by atoms with Crippen molar-refractivity contribution >= 4 is 45.8 Å². The summed E-state index contributed by atoms with van der Waals surface area (Å²) in [6.45, 7) is -1.88. The first-order valence-electron chi connectivity index (χ1n) is 18.8. The minimum Gasteiger partial charge on any atom is -0.493 e. The van der Waals surface area contributed by atoms with E-state index in [0.717, 1.165) is 10.9 Å². The molecule has 0 spiro atoms. The molecule has 0 N–H and O–H groups in total. The largest absolute Gasteiger partial charge is 0.493 e. The normalized spacial score (nSPS) is 11.1. The minimum atomic E-state index is -3.24. The van der Waals surface area contributed by atoms with Crippen molar-refractivity contribution in [2.75, 3.05) is 16.9 Å². The first kappa shape index (κ1) is 47.2. The number of rotatable bonds is 17. The fraction of sp³-hybridized carbons (Fsp3) is 0.250. The third-order valence-corrected chi connectivity index (χ3v) is 9.24. The Labute approximate surface area is 362 Å². The van der Waals surface area contributed by atoms with Crippen LogP contribution in [0.2, 0.25) is 0 Å². The van der Waals surface area contributed by atoms with Gasteiger partial charge >= 0.3 is 25.8 Å². The van der Waals surface area contributed by atoms with Gasteiger partial charge in [0.05, 0.1) is 31.3 Å². The van der Waals surface area contributed by atoms with E-state index in [0.29, 0.717) is 46.0 Å². The summed E-state index contributed by atoms with van der Waals surface area (Å²) in [4.78, 5) is 40.8. The van der Waals surface area contributed by atoms with Crippen LogP contribution in [0.5, 0.6) is 23.0 Å². The molecule has 0 bridgehead atoms. The van der Waals surface area contributed by atoms with Crippen molar-refractivity contribution in [2.24, 2.45) is 0 Å². The van der Waals surface area contributed by atoms with Crippen LogP contribution < -0.4 is 28.7 Å². The van der Waals surface area contributed by atoms with E-state index in [4.69, 9.17) is 9.47 Å². The topological polar surface area (TPSA) is 125 Å². The van der Waals surface area contributed by atoms with Crippen LogP contribution in [0.3, 0.4) is 0 Å². The van der Waals surface area contributed by atoms with Crippen molar-refractivity contribution in [3.63, 3.8) is 0 Å². The summed E-state index contributed by atoms with van der Waals surface area (Å²) in [6, 6.07) is 22.0. The molecule has 0 unspecified atom stereocenters. The number of anilines is 4. The number of Topliss-reactive ketones (excluding diaryl/α,β-unsaturated/α-hetero) is 1. The van der Waals surface area contributed by atoms with Crippen LogP contribution in [-0.4, -0.2) is 59.2 Å². The molecule has 2 heterocycles. The number of hydrogen-bond donors (Lipinski definition) is 0. The average Bonchev–Trinajstić information content (AvgIpc) is 3.76. The molecular formula is C44H41F6N5O7S. The van der Waals surface area contributed by atoms with E-state index in [1.165, 1.54) is 49.9 Å². The van der Waals surface area contributed by atoms with E-state index in [2.05, 4.69) is 29.2 Å². The maximum Gasteiger partial charge on any atom is 0.387 e. The number of ether oxygens (including phenoxy) is 5. The zero-order chi connectivity index (χ0) is 45.7. The highest BCUT2D eigenvalue weighted by molar-refractivity contribution is 7.09. The summed E-state index contributed by atoms with van der Waals surface area (Å²) in [5.41, 5.74) is 5.04. The lowest BCUT2D eigenvalue weighted by atomic mass is 10.1. The second-order valence-electron chi connectivity index (χ2n) is 14.1. The summed E-state index contributed by atoms with van der Waals surface area (Å²) >= 11 is 1.48. The first-order valence-corrected chi connectivity index (χ1v) is 19.6. The number of ketones is 1. The summed E-state index contributed by atoms with van der Waals surface area (Å²) in [6.07, 6.45) is 6.27. The van der Waals surface area contributed by atoms with Gasteiger partial charge in [0.15, 0.2) is 28.8 Å². The number of esters is 1. The fourth-order valence-corrected chi connectivity index (χ4v) is 6.39. The molecule has 0 radical (unpaired) electrons. The summed E-state index contributed by atoms with van der Waals surface area (Å²) in [7, 11) is 1.38. The monoisotopic (exact) mass is 897 g/mol. The van der Waals surface area contributed by atoms with Crippen molar-refractivity contribution in [1.29, 1.82) is 0 Å². The maximum absolute atomic E-state index is 12.8. The average molecular weight is 898 g/mol. The van der Waals surface area contributed by atoms with Crippen LogP contribution in [0.1, 0.15) is 58.9 Å². The molecule has 2 aromatic heterocycles. The van der Waals surface area contributed by atoms with Gasteiger partial charge in [-0.15, -0.1) is 11.3 Å². The van der Waals surface area contributed by atoms with Crippen molar-refractivity contribution in [1.82, 2.24) is 15.0 Å². The third kappa shape index (κ3) is 14.1. The summed E-state index contributed by atoms with van der Waals surface area (Å²) in [5, 5.41) is 0. The molecule has 4 aromatic carbocycles. The zero-order valence-electron chi connectivity index (χ0n) is 34.4. The molecular weight excluding hydrogens is 857 g/mol. The molecule has 0 saturated heterocycles. The van der Waals surface area contributed by atoms with E-state index >= 15 is 0 Å². The molecule has 0 atom stereocenters. The Morgan fingerprint density at radius 1 is 0.635 bits per heavy atom. The van der Waals surface area contributed by atoms with Gasteiger partial charge in [-0.1, -0.05) is 6.07 Å². The Morgan fingerprint density at radius 3 is 1.71 bits per heavy atom. The predicted octanol–water partition coefficient (Wildman–Crippen LogP) is 11.3. The van der Waals surface area contributed by atoms with Crippen molar-refractivity contribution in [3.8, 4) is 23.0 Å². The number of carbonyl (C=O) groups excluding carboxylic acids is 2. The quantitative estimate of drug-likeness (QED) is 0.0491. The van der Waals surface area contributed by atoms with Gasteiger partial charge in [0.1, 0.15) is 11.9 Å². The Morgan fingerprint density at radius 2 is 1.17 bits per heavy atom. The number of benzene rings is 4. The van der Waals surface area contributed by atoms with Crippen LogP contribution in [0, 0.1) is 0 Å². The van der Waals surface area contributed by atoms with E-state index in [1.807, 2.05) is 11.0 Å². The highest BCUT2D eigenvalue weighted by atomic mass is 32.1. The van der Waals surface area contributed by atoms with Gasteiger partial charge in [0.25, 0.3) is 0 Å². The van der Waals surface area contributed by atoms with Crippen molar-refractivity contribution < 1.29 is 59.6 Å². The molecule has 0 aliphatic carbocycles. The number of nitrogens with zero attached hydrogens (tertiary/aromatic N) is 5. The van der Waals surface area contributed by atoms with Gasteiger partial charge in [-0.05, 0) is 94.4 Å². The predicted molar refractivity (Wildman–Crippen MR) is 223 cm³/mol. The lowest BCUT2D eigenvalue weighted by Crippen LogP contribution is -2.24. The highest BCUT2D eigenvalue weighted by Crippen LogP contribution is 2.39. The Balaban J connectivity index is 0.000000238. The van der Waals surface area contributed by atoms with Gasteiger partial charge in [-0.2, -0.15) is 26.3 Å².